The first kappa shape index (κ1) is 13.2. The van der Waals surface area contributed by atoms with E-state index >= 15 is 0 Å². The summed E-state index contributed by atoms with van der Waals surface area (Å²) in [6.07, 6.45) is 1.78. The highest BCUT2D eigenvalue weighted by atomic mass is 79.9. The van der Waals surface area contributed by atoms with Gasteiger partial charge in [-0.2, -0.15) is 0 Å². The Labute approximate surface area is 124 Å². The van der Waals surface area contributed by atoms with Gasteiger partial charge in [-0.1, -0.05) is 23.4 Å². The standard InChI is InChI=1S/C13H13BrN6/c1-20-12(13(14)18-19-20)11(17-15)9-4-2-6-10-8(9)5-3-7-16-10/h2-7,11,17H,15H2,1H3. The predicted octanol–water partition coefficient (Wildman–Crippen LogP) is 1.68. The lowest BCUT2D eigenvalue weighted by molar-refractivity contribution is 0.572. The Morgan fingerprint density at radius 1 is 1.30 bits per heavy atom. The molecule has 0 bridgehead atoms. The first-order chi connectivity index (χ1) is 9.72. The van der Waals surface area contributed by atoms with Crippen LogP contribution in [0.4, 0.5) is 0 Å². The summed E-state index contributed by atoms with van der Waals surface area (Å²) in [6.45, 7) is 0. The van der Waals surface area contributed by atoms with Gasteiger partial charge in [0.2, 0.25) is 0 Å². The van der Waals surface area contributed by atoms with Crippen LogP contribution in [0.2, 0.25) is 0 Å². The molecule has 20 heavy (non-hydrogen) atoms. The van der Waals surface area contributed by atoms with E-state index in [-0.39, 0.29) is 6.04 Å². The Kier molecular flexibility index (Phi) is 3.47. The molecule has 0 spiro atoms. The number of aryl methyl sites for hydroxylation is 1. The fourth-order valence-corrected chi connectivity index (χ4v) is 2.90. The Hall–Kier alpha value is -1.83. The summed E-state index contributed by atoms with van der Waals surface area (Å²) in [5, 5.41) is 9.06. The highest BCUT2D eigenvalue weighted by molar-refractivity contribution is 9.10. The van der Waals surface area contributed by atoms with Crippen molar-refractivity contribution in [2.24, 2.45) is 12.9 Å². The van der Waals surface area contributed by atoms with E-state index in [1.807, 2.05) is 37.4 Å². The molecule has 102 valence electrons. The zero-order valence-corrected chi connectivity index (χ0v) is 12.4. The summed E-state index contributed by atoms with van der Waals surface area (Å²) in [5.74, 6) is 5.76. The largest absolute Gasteiger partial charge is 0.271 e. The monoisotopic (exact) mass is 332 g/mol. The molecule has 1 aromatic carbocycles. The molecule has 0 radical (unpaired) electrons. The minimum absolute atomic E-state index is 0.225. The Balaban J connectivity index is 2.22. The summed E-state index contributed by atoms with van der Waals surface area (Å²) in [6, 6.07) is 9.68. The van der Waals surface area contributed by atoms with Crippen molar-refractivity contribution in [3.05, 3.63) is 52.4 Å². The molecule has 2 heterocycles. The third-order valence-corrected chi connectivity index (χ3v) is 3.82. The van der Waals surface area contributed by atoms with Crippen molar-refractivity contribution in [2.45, 2.75) is 6.04 Å². The van der Waals surface area contributed by atoms with Crippen LogP contribution < -0.4 is 11.3 Å². The molecule has 6 nitrogen and oxygen atoms in total. The average Bonchev–Trinajstić information content (AvgIpc) is 2.81. The molecule has 1 atom stereocenters. The van der Waals surface area contributed by atoms with Crippen LogP contribution in [0.25, 0.3) is 10.9 Å². The van der Waals surface area contributed by atoms with Crippen LogP contribution in [0.5, 0.6) is 0 Å². The fourth-order valence-electron chi connectivity index (χ4n) is 2.34. The van der Waals surface area contributed by atoms with Crippen LogP contribution in [-0.4, -0.2) is 20.0 Å². The minimum atomic E-state index is -0.225. The lowest BCUT2D eigenvalue weighted by atomic mass is 9.99. The van der Waals surface area contributed by atoms with E-state index in [1.54, 1.807) is 10.9 Å². The van der Waals surface area contributed by atoms with Crippen LogP contribution in [-0.2, 0) is 7.05 Å². The number of nitrogens with two attached hydrogens (primary N) is 1. The van der Waals surface area contributed by atoms with Crippen molar-refractivity contribution >= 4 is 26.8 Å². The van der Waals surface area contributed by atoms with Gasteiger partial charge in [-0.15, -0.1) is 5.10 Å². The molecule has 2 aromatic heterocycles. The maximum Gasteiger partial charge on any atom is 0.153 e. The van der Waals surface area contributed by atoms with Crippen molar-refractivity contribution in [3.8, 4) is 0 Å². The minimum Gasteiger partial charge on any atom is -0.271 e. The summed E-state index contributed by atoms with van der Waals surface area (Å²) in [7, 11) is 1.83. The maximum atomic E-state index is 5.76. The number of aromatic nitrogens is 4. The molecule has 0 aliphatic rings. The SMILES string of the molecule is Cn1nnc(Br)c1C(NN)c1cccc2ncccc12. The third-order valence-electron chi connectivity index (χ3n) is 3.26. The van der Waals surface area contributed by atoms with Crippen molar-refractivity contribution in [2.75, 3.05) is 0 Å². The molecule has 0 aliphatic heterocycles. The molecule has 0 amide bonds. The number of pyridine rings is 1. The number of hydrazine groups is 1. The van der Waals surface area contributed by atoms with Gasteiger partial charge >= 0.3 is 0 Å². The Morgan fingerprint density at radius 3 is 2.85 bits per heavy atom. The Morgan fingerprint density at radius 2 is 2.15 bits per heavy atom. The van der Waals surface area contributed by atoms with E-state index in [2.05, 4.69) is 36.7 Å². The molecule has 0 aliphatic carbocycles. The zero-order chi connectivity index (χ0) is 14.1. The lowest BCUT2D eigenvalue weighted by Crippen LogP contribution is -2.30. The van der Waals surface area contributed by atoms with E-state index in [1.165, 1.54) is 0 Å². The number of hydrogen-bond donors (Lipinski definition) is 2. The van der Waals surface area contributed by atoms with Gasteiger partial charge in [0.05, 0.1) is 17.3 Å². The summed E-state index contributed by atoms with van der Waals surface area (Å²) >= 11 is 3.41. The first-order valence-electron chi connectivity index (χ1n) is 6.07. The van der Waals surface area contributed by atoms with Crippen molar-refractivity contribution in [3.63, 3.8) is 0 Å². The summed E-state index contributed by atoms with van der Waals surface area (Å²) in [5.41, 5.74) is 5.66. The van der Waals surface area contributed by atoms with E-state index in [9.17, 15) is 0 Å². The fraction of sp³-hybridized carbons (Fsp3) is 0.154. The molecule has 3 rings (SSSR count). The van der Waals surface area contributed by atoms with Crippen LogP contribution in [0, 0.1) is 0 Å². The molecule has 3 aromatic rings. The van der Waals surface area contributed by atoms with Crippen molar-refractivity contribution in [1.82, 2.24) is 25.4 Å². The van der Waals surface area contributed by atoms with Gasteiger partial charge in [0.15, 0.2) is 4.60 Å². The smallest absolute Gasteiger partial charge is 0.153 e. The predicted molar refractivity (Wildman–Crippen MR) is 79.6 cm³/mol. The van der Waals surface area contributed by atoms with Crippen LogP contribution in [0.3, 0.4) is 0 Å². The molecule has 0 fully saturated rings. The molecule has 1 unspecified atom stereocenters. The zero-order valence-electron chi connectivity index (χ0n) is 10.8. The first-order valence-corrected chi connectivity index (χ1v) is 6.86. The Bertz CT molecular complexity index is 729. The number of rotatable bonds is 3. The van der Waals surface area contributed by atoms with E-state index in [0.29, 0.717) is 4.60 Å². The van der Waals surface area contributed by atoms with E-state index in [0.717, 1.165) is 22.2 Å². The number of hydrogen-bond acceptors (Lipinski definition) is 5. The highest BCUT2D eigenvalue weighted by Gasteiger charge is 2.22. The van der Waals surface area contributed by atoms with Gasteiger partial charge in [0.1, 0.15) is 0 Å². The van der Waals surface area contributed by atoms with Crippen LogP contribution in [0.1, 0.15) is 17.3 Å². The number of nitrogens with zero attached hydrogens (tertiary/aromatic N) is 4. The van der Waals surface area contributed by atoms with Gasteiger partial charge in [-0.25, -0.2) is 10.1 Å². The second kappa shape index (κ2) is 5.28. The van der Waals surface area contributed by atoms with Crippen LogP contribution >= 0.6 is 15.9 Å². The summed E-state index contributed by atoms with van der Waals surface area (Å²) in [4.78, 5) is 4.37. The lowest BCUT2D eigenvalue weighted by Gasteiger charge is -2.18. The third kappa shape index (κ3) is 2.09. The second-order valence-corrected chi connectivity index (χ2v) is 5.16. The molecule has 0 saturated heterocycles. The molecule has 3 N–H and O–H groups in total. The number of fused-ring (bicyclic) bond motifs is 1. The number of benzene rings is 1. The van der Waals surface area contributed by atoms with Crippen molar-refractivity contribution in [1.29, 1.82) is 0 Å². The van der Waals surface area contributed by atoms with Gasteiger partial charge in [0.25, 0.3) is 0 Å². The number of halogens is 1. The quantitative estimate of drug-likeness (QED) is 0.563. The average molecular weight is 333 g/mol. The number of nitrogens with one attached hydrogen (secondary N) is 1. The highest BCUT2D eigenvalue weighted by Crippen LogP contribution is 2.30. The van der Waals surface area contributed by atoms with Gasteiger partial charge in [0, 0.05) is 18.6 Å². The van der Waals surface area contributed by atoms with E-state index in [4.69, 9.17) is 5.84 Å². The summed E-state index contributed by atoms with van der Waals surface area (Å²) < 4.78 is 2.37. The molecule has 0 saturated carbocycles. The normalized spacial score (nSPS) is 12.8. The molecular formula is C13H13BrN6. The van der Waals surface area contributed by atoms with E-state index < -0.39 is 0 Å². The topological polar surface area (TPSA) is 81.7 Å². The van der Waals surface area contributed by atoms with Crippen LogP contribution in [0.15, 0.2) is 41.1 Å². The maximum absolute atomic E-state index is 5.76. The van der Waals surface area contributed by atoms with Crippen molar-refractivity contribution < 1.29 is 0 Å². The van der Waals surface area contributed by atoms with Gasteiger partial charge < -0.3 is 0 Å². The van der Waals surface area contributed by atoms with Gasteiger partial charge in [-0.3, -0.25) is 10.8 Å². The van der Waals surface area contributed by atoms with Gasteiger partial charge in [-0.05, 0) is 33.6 Å². The second-order valence-electron chi connectivity index (χ2n) is 4.41. The molecule has 7 heteroatoms. The molecular weight excluding hydrogens is 320 g/mol.